The number of carboxylic acid groups (broad SMARTS) is 1. The summed E-state index contributed by atoms with van der Waals surface area (Å²) in [4.78, 5) is 34.9. The van der Waals surface area contributed by atoms with Crippen molar-refractivity contribution in [3.63, 3.8) is 0 Å². The van der Waals surface area contributed by atoms with Crippen molar-refractivity contribution < 1.29 is 24.2 Å². The summed E-state index contributed by atoms with van der Waals surface area (Å²) in [6, 6.07) is 0. The molecule has 2 N–H and O–H groups in total. The van der Waals surface area contributed by atoms with Gasteiger partial charge in [-0.25, -0.2) is 0 Å². The Balaban J connectivity index is 2.53. The topological polar surface area (TPSA) is 95.9 Å². The van der Waals surface area contributed by atoms with E-state index in [2.05, 4.69) is 5.32 Å². The van der Waals surface area contributed by atoms with E-state index in [-0.39, 0.29) is 30.7 Å². The molecule has 7 nitrogen and oxygen atoms in total. The van der Waals surface area contributed by atoms with Crippen molar-refractivity contribution in [1.82, 2.24) is 10.2 Å². The number of hydrogen-bond donors (Lipinski definition) is 2. The van der Waals surface area contributed by atoms with Gasteiger partial charge in [-0.05, 0) is 5.92 Å². The Labute approximate surface area is 105 Å². The molecule has 2 atom stereocenters. The van der Waals surface area contributed by atoms with Gasteiger partial charge < -0.3 is 20.1 Å². The summed E-state index contributed by atoms with van der Waals surface area (Å²) < 4.78 is 5.05. The molecule has 1 aliphatic heterocycles. The van der Waals surface area contributed by atoms with Crippen molar-refractivity contribution in [2.24, 2.45) is 5.92 Å². The largest absolute Gasteiger partial charge is 0.481 e. The number of carbonyl (C=O) groups is 3. The van der Waals surface area contributed by atoms with E-state index in [0.717, 1.165) is 0 Å². The molecule has 0 radical (unpaired) electrons. The van der Waals surface area contributed by atoms with Gasteiger partial charge in [0, 0.05) is 27.0 Å². The number of aliphatic carboxylic acids is 1. The maximum atomic E-state index is 11.9. The van der Waals surface area contributed by atoms with Gasteiger partial charge in [-0.15, -0.1) is 0 Å². The highest BCUT2D eigenvalue weighted by atomic mass is 16.5. The maximum absolute atomic E-state index is 11.9. The number of nitrogens with zero attached hydrogens (tertiary/aromatic N) is 1. The van der Waals surface area contributed by atoms with Gasteiger partial charge >= 0.3 is 5.97 Å². The van der Waals surface area contributed by atoms with Gasteiger partial charge in [0.15, 0.2) is 0 Å². The van der Waals surface area contributed by atoms with Gasteiger partial charge in [-0.3, -0.25) is 14.4 Å². The lowest BCUT2D eigenvalue weighted by molar-refractivity contribution is -0.190. The van der Waals surface area contributed by atoms with Crippen LogP contribution in [0, 0.1) is 5.92 Å². The zero-order valence-electron chi connectivity index (χ0n) is 10.7. The highest BCUT2D eigenvalue weighted by Gasteiger charge is 2.53. The SMILES string of the molecule is CO[C@]1(NC(C)=O)CN(CC(C)CC(=O)O)C1=O. The van der Waals surface area contributed by atoms with Crippen molar-refractivity contribution >= 4 is 17.8 Å². The predicted molar refractivity (Wildman–Crippen MR) is 61.6 cm³/mol. The number of nitrogens with one attached hydrogen (secondary N) is 1. The van der Waals surface area contributed by atoms with Gasteiger partial charge in [0.1, 0.15) is 0 Å². The molecule has 0 bridgehead atoms. The molecule has 102 valence electrons. The number of ether oxygens (including phenoxy) is 1. The molecule has 0 spiro atoms. The summed E-state index contributed by atoms with van der Waals surface area (Å²) in [5.74, 6) is -1.71. The fourth-order valence-electron chi connectivity index (χ4n) is 2.04. The predicted octanol–water partition coefficient (Wildman–Crippen LogP) is -0.582. The molecule has 0 aromatic rings. The number of hydrogen-bond acceptors (Lipinski definition) is 4. The minimum absolute atomic E-state index is 0.00387. The molecule has 1 saturated heterocycles. The third-order valence-corrected chi connectivity index (χ3v) is 2.83. The van der Waals surface area contributed by atoms with Crippen LogP contribution >= 0.6 is 0 Å². The van der Waals surface area contributed by atoms with E-state index in [1.165, 1.54) is 18.9 Å². The second-order valence-electron chi connectivity index (χ2n) is 4.60. The Morgan fingerprint density at radius 2 is 2.22 bits per heavy atom. The number of carboxylic acids is 1. The first-order chi connectivity index (χ1) is 8.30. The molecule has 1 unspecified atom stereocenters. The zero-order chi connectivity index (χ0) is 13.9. The first kappa shape index (κ1) is 14.4. The second-order valence-corrected chi connectivity index (χ2v) is 4.60. The average molecular weight is 258 g/mol. The van der Waals surface area contributed by atoms with Crippen LogP contribution in [0.5, 0.6) is 0 Å². The molecule has 1 aliphatic rings. The zero-order valence-corrected chi connectivity index (χ0v) is 10.7. The number of methoxy groups -OCH3 is 1. The quantitative estimate of drug-likeness (QED) is 0.491. The molecule has 1 fully saturated rings. The summed E-state index contributed by atoms with van der Waals surface area (Å²) in [6.45, 7) is 3.65. The Morgan fingerprint density at radius 3 is 2.61 bits per heavy atom. The lowest BCUT2D eigenvalue weighted by atomic mass is 9.98. The van der Waals surface area contributed by atoms with E-state index in [9.17, 15) is 14.4 Å². The molecular formula is C11H18N2O5. The monoisotopic (exact) mass is 258 g/mol. The normalized spacial score (nSPS) is 24.4. The number of amides is 2. The van der Waals surface area contributed by atoms with Crippen LogP contribution in [-0.4, -0.2) is 53.7 Å². The van der Waals surface area contributed by atoms with Crippen LogP contribution in [0.1, 0.15) is 20.3 Å². The Kier molecular flexibility index (Phi) is 4.28. The molecule has 18 heavy (non-hydrogen) atoms. The van der Waals surface area contributed by atoms with E-state index in [0.29, 0.717) is 6.54 Å². The third kappa shape index (κ3) is 2.98. The number of likely N-dealkylation sites (tertiary alicyclic amines) is 1. The Bertz CT molecular complexity index is 370. The fraction of sp³-hybridized carbons (Fsp3) is 0.727. The van der Waals surface area contributed by atoms with E-state index in [1.807, 2.05) is 0 Å². The van der Waals surface area contributed by atoms with Gasteiger partial charge in [0.05, 0.1) is 6.54 Å². The number of β-lactam (4-membered cyclic amide) rings is 1. The summed E-state index contributed by atoms with van der Waals surface area (Å²) >= 11 is 0. The smallest absolute Gasteiger partial charge is 0.303 e. The first-order valence-corrected chi connectivity index (χ1v) is 5.66. The van der Waals surface area contributed by atoms with Crippen molar-refractivity contribution in [2.75, 3.05) is 20.2 Å². The van der Waals surface area contributed by atoms with Crippen LogP contribution in [0.2, 0.25) is 0 Å². The van der Waals surface area contributed by atoms with Crippen LogP contribution in [-0.2, 0) is 19.1 Å². The number of rotatable bonds is 6. The minimum Gasteiger partial charge on any atom is -0.481 e. The van der Waals surface area contributed by atoms with Crippen LogP contribution in [0.3, 0.4) is 0 Å². The van der Waals surface area contributed by atoms with E-state index in [1.54, 1.807) is 6.92 Å². The first-order valence-electron chi connectivity index (χ1n) is 5.66. The molecule has 7 heteroatoms. The second kappa shape index (κ2) is 5.34. The van der Waals surface area contributed by atoms with Crippen LogP contribution in [0.4, 0.5) is 0 Å². The summed E-state index contributed by atoms with van der Waals surface area (Å²) in [5.41, 5.74) is -1.27. The van der Waals surface area contributed by atoms with Crippen molar-refractivity contribution in [2.45, 2.75) is 26.0 Å². The maximum Gasteiger partial charge on any atom is 0.303 e. The fourth-order valence-corrected chi connectivity index (χ4v) is 2.04. The van der Waals surface area contributed by atoms with Crippen molar-refractivity contribution in [3.8, 4) is 0 Å². The van der Waals surface area contributed by atoms with Crippen LogP contribution in [0.25, 0.3) is 0 Å². The highest BCUT2D eigenvalue weighted by molar-refractivity contribution is 5.94. The standard InChI is InChI=1S/C11H18N2O5/c1-7(4-9(15)16)5-13-6-11(18-3,10(13)17)12-8(2)14/h7H,4-6H2,1-3H3,(H,12,14)(H,15,16)/t7?,11-/m1/s1. The molecule has 1 rings (SSSR count). The molecule has 1 heterocycles. The van der Waals surface area contributed by atoms with E-state index < -0.39 is 11.7 Å². The molecule has 0 aromatic carbocycles. The highest BCUT2D eigenvalue weighted by Crippen LogP contribution is 2.25. The third-order valence-electron chi connectivity index (χ3n) is 2.83. The van der Waals surface area contributed by atoms with E-state index in [4.69, 9.17) is 9.84 Å². The van der Waals surface area contributed by atoms with Crippen molar-refractivity contribution in [1.29, 1.82) is 0 Å². The van der Waals surface area contributed by atoms with Crippen LogP contribution in [0.15, 0.2) is 0 Å². The van der Waals surface area contributed by atoms with Gasteiger partial charge in [0.25, 0.3) is 5.91 Å². The van der Waals surface area contributed by atoms with E-state index >= 15 is 0 Å². The molecular weight excluding hydrogens is 240 g/mol. The summed E-state index contributed by atoms with van der Waals surface area (Å²) in [6.07, 6.45) is 0.00387. The average Bonchev–Trinajstić information content (AvgIpc) is 2.24. The van der Waals surface area contributed by atoms with Gasteiger partial charge in [-0.1, -0.05) is 6.92 Å². The molecule has 2 amide bonds. The Morgan fingerprint density at radius 1 is 1.61 bits per heavy atom. The molecule has 0 aromatic heterocycles. The van der Waals surface area contributed by atoms with Gasteiger partial charge in [-0.2, -0.15) is 0 Å². The van der Waals surface area contributed by atoms with Crippen LogP contribution < -0.4 is 5.32 Å². The summed E-state index contributed by atoms with van der Waals surface area (Å²) in [5, 5.41) is 11.1. The van der Waals surface area contributed by atoms with Gasteiger partial charge in [0.2, 0.25) is 11.6 Å². The lowest BCUT2D eigenvalue weighted by Crippen LogP contribution is -2.75. The number of carbonyl (C=O) groups excluding carboxylic acids is 2. The van der Waals surface area contributed by atoms with Crippen molar-refractivity contribution in [3.05, 3.63) is 0 Å². The Hall–Kier alpha value is -1.63. The summed E-state index contributed by atoms with van der Waals surface area (Å²) in [7, 11) is 1.35. The molecule has 0 saturated carbocycles. The molecule has 0 aliphatic carbocycles. The minimum atomic E-state index is -1.27. The lowest BCUT2D eigenvalue weighted by Gasteiger charge is -2.48.